The van der Waals surface area contributed by atoms with Crippen molar-refractivity contribution in [1.82, 2.24) is 14.8 Å². The number of halogens is 3. The zero-order valence-corrected chi connectivity index (χ0v) is 8.78. The summed E-state index contributed by atoms with van der Waals surface area (Å²) in [6.07, 6.45) is -2.80. The van der Waals surface area contributed by atoms with E-state index in [1.807, 2.05) is 0 Å². The molecule has 0 spiro atoms. The molecule has 0 aromatic carbocycles. The maximum atomic E-state index is 12.2. The molecule has 1 heterocycles. The van der Waals surface area contributed by atoms with E-state index in [0.717, 1.165) is 11.8 Å². The third kappa shape index (κ3) is 2.20. The molecule has 0 atom stereocenters. The lowest BCUT2D eigenvalue weighted by Gasteiger charge is -2.06. The molecule has 7 heteroatoms. The Morgan fingerprint density at radius 2 is 1.93 bits per heavy atom. The van der Waals surface area contributed by atoms with Crippen molar-refractivity contribution in [2.24, 2.45) is 0 Å². The first kappa shape index (κ1) is 11.4. The highest BCUT2D eigenvalue weighted by Gasteiger charge is 2.37. The van der Waals surface area contributed by atoms with E-state index in [4.69, 9.17) is 0 Å². The third-order valence-electron chi connectivity index (χ3n) is 1.53. The van der Waals surface area contributed by atoms with Gasteiger partial charge < -0.3 is 0 Å². The first-order valence-electron chi connectivity index (χ1n) is 3.94. The molecule has 0 radical (unpaired) electrons. The van der Waals surface area contributed by atoms with E-state index in [9.17, 15) is 13.2 Å². The average molecular weight is 225 g/mol. The molecule has 0 saturated heterocycles. The Kier molecular flexibility index (Phi) is 3.08. The minimum absolute atomic E-state index is 0.124. The predicted molar refractivity (Wildman–Crippen MR) is 47.2 cm³/mol. The molecule has 0 aliphatic rings. The van der Waals surface area contributed by atoms with Crippen LogP contribution in [0.2, 0.25) is 0 Å². The molecule has 0 bridgehead atoms. The van der Waals surface area contributed by atoms with Crippen molar-refractivity contribution in [3.05, 3.63) is 5.82 Å². The van der Waals surface area contributed by atoms with Gasteiger partial charge in [0.2, 0.25) is 0 Å². The summed E-state index contributed by atoms with van der Waals surface area (Å²) in [6.45, 7) is 3.52. The second-order valence-electron chi connectivity index (χ2n) is 2.96. The molecule has 0 N–H and O–H groups in total. The van der Waals surface area contributed by atoms with Crippen LogP contribution in [0.15, 0.2) is 5.16 Å². The van der Waals surface area contributed by atoms with Gasteiger partial charge in [-0.15, -0.1) is 5.10 Å². The Labute approximate surface area is 83.7 Å². The van der Waals surface area contributed by atoms with Crippen molar-refractivity contribution in [3.8, 4) is 0 Å². The number of nitrogens with zero attached hydrogens (tertiary/aromatic N) is 3. The fraction of sp³-hybridized carbons (Fsp3) is 0.714. The van der Waals surface area contributed by atoms with Crippen molar-refractivity contribution in [1.29, 1.82) is 0 Å². The summed E-state index contributed by atoms with van der Waals surface area (Å²) >= 11 is 1.15. The van der Waals surface area contributed by atoms with Gasteiger partial charge >= 0.3 is 6.18 Å². The van der Waals surface area contributed by atoms with E-state index >= 15 is 0 Å². The van der Waals surface area contributed by atoms with Crippen LogP contribution in [-0.4, -0.2) is 21.0 Å². The van der Waals surface area contributed by atoms with Gasteiger partial charge in [-0.05, 0) is 20.1 Å². The Hall–Kier alpha value is -0.720. The Bertz CT molecular complexity index is 318. The van der Waals surface area contributed by atoms with Crippen LogP contribution >= 0.6 is 11.8 Å². The standard InChI is InChI=1S/C7H10F3N3S/c1-4(2)13-6(14-3)11-5(12-13)7(8,9)10/h4H,1-3H3. The summed E-state index contributed by atoms with van der Waals surface area (Å²) < 4.78 is 38.0. The lowest BCUT2D eigenvalue weighted by molar-refractivity contribution is -0.145. The number of alkyl halides is 3. The van der Waals surface area contributed by atoms with Crippen LogP contribution in [0, 0.1) is 0 Å². The minimum atomic E-state index is -4.47. The highest BCUT2D eigenvalue weighted by atomic mass is 32.2. The average Bonchev–Trinajstić information content (AvgIpc) is 2.45. The lowest BCUT2D eigenvalue weighted by Crippen LogP contribution is -2.10. The second kappa shape index (κ2) is 3.80. The molecule has 0 fully saturated rings. The second-order valence-corrected chi connectivity index (χ2v) is 3.73. The van der Waals surface area contributed by atoms with E-state index < -0.39 is 12.0 Å². The van der Waals surface area contributed by atoms with Crippen LogP contribution < -0.4 is 0 Å². The number of aromatic nitrogens is 3. The molecule has 1 aromatic rings. The van der Waals surface area contributed by atoms with Crippen LogP contribution in [0.25, 0.3) is 0 Å². The number of hydrogen-bond donors (Lipinski definition) is 0. The Morgan fingerprint density at radius 1 is 1.36 bits per heavy atom. The highest BCUT2D eigenvalue weighted by Crippen LogP contribution is 2.29. The van der Waals surface area contributed by atoms with Crippen molar-refractivity contribution >= 4 is 11.8 Å². The normalized spacial score (nSPS) is 12.5. The maximum Gasteiger partial charge on any atom is 0.453 e. The molecule has 1 rings (SSSR count). The van der Waals surface area contributed by atoms with Crippen molar-refractivity contribution in [3.63, 3.8) is 0 Å². The first-order chi connectivity index (χ1) is 6.36. The molecule has 0 aliphatic heterocycles. The summed E-state index contributed by atoms with van der Waals surface area (Å²) in [6, 6.07) is -0.124. The van der Waals surface area contributed by atoms with E-state index in [1.165, 1.54) is 4.68 Å². The number of rotatable bonds is 2. The van der Waals surface area contributed by atoms with E-state index in [1.54, 1.807) is 20.1 Å². The summed E-state index contributed by atoms with van der Waals surface area (Å²) in [7, 11) is 0. The van der Waals surface area contributed by atoms with E-state index in [2.05, 4.69) is 10.1 Å². The first-order valence-corrected chi connectivity index (χ1v) is 5.16. The molecule has 14 heavy (non-hydrogen) atoms. The summed E-state index contributed by atoms with van der Waals surface area (Å²) in [5.74, 6) is -1.07. The number of hydrogen-bond acceptors (Lipinski definition) is 3. The van der Waals surface area contributed by atoms with Crippen LogP contribution in [0.1, 0.15) is 25.7 Å². The van der Waals surface area contributed by atoms with Gasteiger partial charge in [0.15, 0.2) is 5.16 Å². The zero-order chi connectivity index (χ0) is 10.9. The van der Waals surface area contributed by atoms with Crippen molar-refractivity contribution in [2.75, 3.05) is 6.26 Å². The SMILES string of the molecule is CSc1nc(C(F)(F)F)nn1C(C)C. The van der Waals surface area contributed by atoms with E-state index in [0.29, 0.717) is 0 Å². The van der Waals surface area contributed by atoms with Crippen molar-refractivity contribution < 1.29 is 13.2 Å². The van der Waals surface area contributed by atoms with Gasteiger partial charge in [-0.2, -0.15) is 18.2 Å². The fourth-order valence-electron chi connectivity index (χ4n) is 0.905. The van der Waals surface area contributed by atoms with Gasteiger partial charge in [0.1, 0.15) is 0 Å². The van der Waals surface area contributed by atoms with Crippen LogP contribution in [0.4, 0.5) is 13.2 Å². The van der Waals surface area contributed by atoms with Crippen LogP contribution in [-0.2, 0) is 6.18 Å². The fourth-order valence-corrected chi connectivity index (χ4v) is 1.52. The van der Waals surface area contributed by atoms with Gasteiger partial charge in [-0.25, -0.2) is 4.68 Å². The third-order valence-corrected chi connectivity index (χ3v) is 2.17. The van der Waals surface area contributed by atoms with Gasteiger partial charge in [0.05, 0.1) is 0 Å². The van der Waals surface area contributed by atoms with Crippen LogP contribution in [0.5, 0.6) is 0 Å². The van der Waals surface area contributed by atoms with E-state index in [-0.39, 0.29) is 11.2 Å². The quantitative estimate of drug-likeness (QED) is 0.725. The molecule has 0 aliphatic carbocycles. The summed E-state index contributed by atoms with van der Waals surface area (Å²) in [5, 5.41) is 3.70. The molecular formula is C7H10F3N3S. The lowest BCUT2D eigenvalue weighted by atomic mass is 10.4. The highest BCUT2D eigenvalue weighted by molar-refractivity contribution is 7.98. The largest absolute Gasteiger partial charge is 0.453 e. The van der Waals surface area contributed by atoms with Gasteiger partial charge in [0.25, 0.3) is 5.82 Å². The van der Waals surface area contributed by atoms with Crippen LogP contribution in [0.3, 0.4) is 0 Å². The molecule has 0 unspecified atom stereocenters. The molecule has 1 aromatic heterocycles. The zero-order valence-electron chi connectivity index (χ0n) is 7.96. The molecule has 0 amide bonds. The van der Waals surface area contributed by atoms with Gasteiger partial charge in [-0.1, -0.05) is 11.8 Å². The molecule has 3 nitrogen and oxygen atoms in total. The predicted octanol–water partition coefficient (Wildman–Crippen LogP) is 2.60. The maximum absolute atomic E-state index is 12.2. The van der Waals surface area contributed by atoms with Crippen molar-refractivity contribution in [2.45, 2.75) is 31.2 Å². The molecule has 80 valence electrons. The van der Waals surface area contributed by atoms with Gasteiger partial charge in [-0.3, -0.25) is 0 Å². The Morgan fingerprint density at radius 3 is 2.21 bits per heavy atom. The smallest absolute Gasteiger partial charge is 0.238 e. The molecular weight excluding hydrogens is 215 g/mol. The monoisotopic (exact) mass is 225 g/mol. The minimum Gasteiger partial charge on any atom is -0.238 e. The summed E-state index contributed by atoms with van der Waals surface area (Å²) in [4.78, 5) is 3.41. The Balaban J connectivity index is 3.13. The van der Waals surface area contributed by atoms with Gasteiger partial charge in [0, 0.05) is 6.04 Å². The topological polar surface area (TPSA) is 30.7 Å². The molecule has 0 saturated carbocycles. The summed E-state index contributed by atoms with van der Waals surface area (Å²) in [5.41, 5.74) is 0. The number of thioether (sulfide) groups is 1.